The first kappa shape index (κ1) is 18.4. The summed E-state index contributed by atoms with van der Waals surface area (Å²) in [5.74, 6) is 0.609. The second-order valence-corrected chi connectivity index (χ2v) is 5.28. The highest BCUT2D eigenvalue weighted by molar-refractivity contribution is 5.32. The van der Waals surface area contributed by atoms with Crippen LogP contribution in [0.3, 0.4) is 0 Å². The van der Waals surface area contributed by atoms with Crippen LogP contribution >= 0.6 is 0 Å². The Balaban J connectivity index is 0.00000180. The van der Waals surface area contributed by atoms with Crippen LogP contribution in [0.5, 0.6) is 0 Å². The molecule has 2 aromatic carbocycles. The molecule has 0 aliphatic carbocycles. The summed E-state index contributed by atoms with van der Waals surface area (Å²) in [5, 5.41) is 0. The van der Waals surface area contributed by atoms with Gasteiger partial charge in [-0.05, 0) is 47.9 Å². The minimum atomic E-state index is 0. The van der Waals surface area contributed by atoms with Crippen LogP contribution in [0.25, 0.3) is 0 Å². The lowest BCUT2D eigenvalue weighted by atomic mass is 9.92. The molecule has 0 atom stereocenters. The van der Waals surface area contributed by atoms with Gasteiger partial charge in [0.25, 0.3) is 0 Å². The minimum absolute atomic E-state index is 0. The van der Waals surface area contributed by atoms with Gasteiger partial charge in [-0.25, -0.2) is 0 Å². The number of hydrogen-bond acceptors (Lipinski definition) is 0. The first-order chi connectivity index (χ1) is 8.68. The molecule has 0 aromatic heterocycles. The van der Waals surface area contributed by atoms with E-state index in [9.17, 15) is 0 Å². The van der Waals surface area contributed by atoms with E-state index in [2.05, 4.69) is 69.3 Å². The van der Waals surface area contributed by atoms with E-state index < -0.39 is 0 Å². The Kier molecular flexibility index (Phi) is 7.91. The Hall–Kier alpha value is -1.56. The van der Waals surface area contributed by atoms with Crippen LogP contribution in [0.1, 0.15) is 56.9 Å². The molecule has 0 saturated heterocycles. The second-order valence-electron chi connectivity index (χ2n) is 5.28. The molecule has 2 rings (SSSR count). The summed E-state index contributed by atoms with van der Waals surface area (Å²) in [6.45, 7) is 6.74. The fraction of sp³-hybridized carbons (Fsp3) is 0.400. The molecule has 0 fully saturated rings. The fourth-order valence-corrected chi connectivity index (χ4v) is 2.49. The van der Waals surface area contributed by atoms with Gasteiger partial charge >= 0.3 is 0 Å². The second kappa shape index (κ2) is 8.58. The molecule has 0 amide bonds. The Morgan fingerprint density at radius 3 is 1.85 bits per heavy atom. The highest BCUT2D eigenvalue weighted by atomic mass is 14.1. The molecule has 0 unspecified atom stereocenters. The Labute approximate surface area is 125 Å². The van der Waals surface area contributed by atoms with Gasteiger partial charge in [0.2, 0.25) is 0 Å². The molecule has 0 bridgehead atoms. The predicted molar refractivity (Wildman–Crippen MR) is 92.6 cm³/mol. The summed E-state index contributed by atoms with van der Waals surface area (Å²) < 4.78 is 0. The van der Waals surface area contributed by atoms with E-state index in [1.54, 1.807) is 0 Å². The summed E-state index contributed by atoms with van der Waals surface area (Å²) in [6.07, 6.45) is 2.27. The summed E-state index contributed by atoms with van der Waals surface area (Å²) in [6, 6.07) is 17.5. The largest absolute Gasteiger partial charge is 0.0776 e. The highest BCUT2D eigenvalue weighted by Crippen LogP contribution is 2.21. The van der Waals surface area contributed by atoms with E-state index in [1.165, 1.54) is 22.3 Å². The van der Waals surface area contributed by atoms with Crippen LogP contribution in [-0.4, -0.2) is 0 Å². The lowest BCUT2D eigenvalue weighted by Crippen LogP contribution is -1.99. The topological polar surface area (TPSA) is 0 Å². The zero-order valence-corrected chi connectivity index (χ0v) is 11.6. The zero-order valence-electron chi connectivity index (χ0n) is 11.6. The molecule has 0 N–H and O–H groups in total. The monoisotopic (exact) mass is 270 g/mol. The Morgan fingerprint density at radius 1 is 0.750 bits per heavy atom. The number of hydrogen-bond donors (Lipinski definition) is 0. The zero-order chi connectivity index (χ0) is 13.0. The van der Waals surface area contributed by atoms with Gasteiger partial charge in [-0.15, -0.1) is 0 Å². The average Bonchev–Trinajstić information content (AvgIpc) is 2.38. The van der Waals surface area contributed by atoms with E-state index in [1.807, 2.05) is 0 Å². The van der Waals surface area contributed by atoms with Gasteiger partial charge < -0.3 is 0 Å². The normalized spacial score (nSPS) is 9.80. The maximum atomic E-state index is 2.27. The predicted octanol–water partition coefficient (Wildman–Crippen LogP) is 6.18. The van der Waals surface area contributed by atoms with E-state index in [0.29, 0.717) is 5.92 Å². The molecule has 20 heavy (non-hydrogen) atoms. The molecular weight excluding hydrogens is 240 g/mol. The lowest BCUT2D eigenvalue weighted by Gasteiger charge is -2.13. The molecule has 2 aromatic rings. The van der Waals surface area contributed by atoms with Gasteiger partial charge in [0.15, 0.2) is 0 Å². The van der Waals surface area contributed by atoms with Crippen molar-refractivity contribution in [1.82, 2.24) is 0 Å². The van der Waals surface area contributed by atoms with Crippen molar-refractivity contribution in [1.29, 1.82) is 0 Å². The molecule has 0 aliphatic heterocycles. The quantitative estimate of drug-likeness (QED) is 0.622. The highest BCUT2D eigenvalue weighted by Gasteiger charge is 2.06. The lowest BCUT2D eigenvalue weighted by molar-refractivity contribution is 0.827. The van der Waals surface area contributed by atoms with Crippen LogP contribution in [0.2, 0.25) is 0 Å². The molecule has 0 heterocycles. The van der Waals surface area contributed by atoms with Crippen LogP contribution in [0.15, 0.2) is 48.5 Å². The molecule has 0 nitrogen and oxygen atoms in total. The maximum Gasteiger partial charge on any atom is -0.0216 e. The van der Waals surface area contributed by atoms with E-state index in [0.717, 1.165) is 12.8 Å². The third-order valence-electron chi connectivity index (χ3n) is 3.60. The van der Waals surface area contributed by atoms with Crippen molar-refractivity contribution < 1.29 is 0 Å². The maximum absolute atomic E-state index is 2.27. The van der Waals surface area contributed by atoms with E-state index >= 15 is 0 Å². The van der Waals surface area contributed by atoms with Gasteiger partial charge in [0.05, 0.1) is 0 Å². The summed E-state index contributed by atoms with van der Waals surface area (Å²) in [4.78, 5) is 0. The van der Waals surface area contributed by atoms with Gasteiger partial charge in [-0.3, -0.25) is 0 Å². The number of rotatable bonds is 4. The van der Waals surface area contributed by atoms with Crippen molar-refractivity contribution in [3.05, 3.63) is 70.8 Å². The van der Waals surface area contributed by atoms with Gasteiger partial charge in [0.1, 0.15) is 0 Å². The number of aryl methyl sites for hydroxylation is 3. The molecule has 0 radical (unpaired) electrons. The average molecular weight is 270 g/mol. The SMILES string of the molecule is C.C.Cc1ccccc1CCc1ccccc1C(C)C. The summed E-state index contributed by atoms with van der Waals surface area (Å²) in [5.41, 5.74) is 5.86. The fourth-order valence-electron chi connectivity index (χ4n) is 2.49. The Morgan fingerprint density at radius 2 is 1.25 bits per heavy atom. The third-order valence-corrected chi connectivity index (χ3v) is 3.60. The molecular formula is C20H30. The van der Waals surface area contributed by atoms with Crippen molar-refractivity contribution >= 4 is 0 Å². The van der Waals surface area contributed by atoms with Gasteiger partial charge in [-0.2, -0.15) is 0 Å². The number of benzene rings is 2. The van der Waals surface area contributed by atoms with Crippen molar-refractivity contribution in [3.63, 3.8) is 0 Å². The molecule has 0 saturated carbocycles. The summed E-state index contributed by atoms with van der Waals surface area (Å²) >= 11 is 0. The Bertz CT molecular complexity index is 509. The summed E-state index contributed by atoms with van der Waals surface area (Å²) in [7, 11) is 0. The van der Waals surface area contributed by atoms with Gasteiger partial charge in [0, 0.05) is 0 Å². The third kappa shape index (κ3) is 4.52. The minimum Gasteiger partial charge on any atom is -0.0776 e. The van der Waals surface area contributed by atoms with E-state index in [-0.39, 0.29) is 14.9 Å². The van der Waals surface area contributed by atoms with Crippen LogP contribution in [0, 0.1) is 6.92 Å². The smallest absolute Gasteiger partial charge is 0.0216 e. The first-order valence-corrected chi connectivity index (χ1v) is 6.81. The van der Waals surface area contributed by atoms with Crippen molar-refractivity contribution in [2.24, 2.45) is 0 Å². The van der Waals surface area contributed by atoms with Crippen LogP contribution in [-0.2, 0) is 12.8 Å². The van der Waals surface area contributed by atoms with Crippen LogP contribution < -0.4 is 0 Å². The van der Waals surface area contributed by atoms with Crippen molar-refractivity contribution in [3.8, 4) is 0 Å². The molecule has 0 spiro atoms. The standard InChI is InChI=1S/C18H22.2CH4/c1-14(2)18-11-7-6-10-17(18)13-12-16-9-5-4-8-15(16)3;;/h4-11,14H,12-13H2,1-3H3;2*1H4. The van der Waals surface area contributed by atoms with Crippen LogP contribution in [0.4, 0.5) is 0 Å². The molecule has 0 aliphatic rings. The molecule has 110 valence electrons. The molecule has 0 heteroatoms. The van der Waals surface area contributed by atoms with E-state index in [4.69, 9.17) is 0 Å². The van der Waals surface area contributed by atoms with Gasteiger partial charge in [-0.1, -0.05) is 77.2 Å². The first-order valence-electron chi connectivity index (χ1n) is 6.81. The van der Waals surface area contributed by atoms with Crippen molar-refractivity contribution in [2.75, 3.05) is 0 Å². The van der Waals surface area contributed by atoms with Crippen molar-refractivity contribution in [2.45, 2.75) is 54.4 Å².